The summed E-state index contributed by atoms with van der Waals surface area (Å²) in [6.45, 7) is 6.32. The number of aliphatic hydroxyl groups excluding tert-OH is 1. The fourth-order valence-electron chi connectivity index (χ4n) is 1.41. The van der Waals surface area contributed by atoms with Crippen molar-refractivity contribution in [2.45, 2.75) is 39.2 Å². The number of aryl methyl sites for hydroxylation is 1. The van der Waals surface area contributed by atoms with Gasteiger partial charge in [0.15, 0.2) is 0 Å². The van der Waals surface area contributed by atoms with Crippen LogP contribution in [0.2, 0.25) is 0 Å². The zero-order chi connectivity index (χ0) is 11.3. The first kappa shape index (κ1) is 11.9. The van der Waals surface area contributed by atoms with Gasteiger partial charge in [-0.25, -0.2) is 0 Å². The average Bonchev–Trinajstić information content (AvgIpc) is 2.18. The standard InChI is InChI=1S/C11H19N3O/c1-4-11(3,5-6-15)13-10-7-9(2)8-12-14-10/h7-8,15H,4-6H2,1-3H3,(H,13,14). The van der Waals surface area contributed by atoms with E-state index in [0.717, 1.165) is 17.8 Å². The third kappa shape index (κ3) is 3.47. The molecule has 0 fully saturated rings. The van der Waals surface area contributed by atoms with Crippen LogP contribution in [0.3, 0.4) is 0 Å². The number of nitrogens with zero attached hydrogens (tertiary/aromatic N) is 2. The smallest absolute Gasteiger partial charge is 0.149 e. The number of nitrogens with one attached hydrogen (secondary N) is 1. The molecule has 1 aromatic heterocycles. The maximum Gasteiger partial charge on any atom is 0.149 e. The number of anilines is 1. The number of aliphatic hydroxyl groups is 1. The Morgan fingerprint density at radius 1 is 1.53 bits per heavy atom. The molecule has 0 aromatic carbocycles. The summed E-state index contributed by atoms with van der Waals surface area (Å²) in [6, 6.07) is 1.96. The van der Waals surface area contributed by atoms with Crippen molar-refractivity contribution >= 4 is 5.82 Å². The Labute approximate surface area is 90.7 Å². The number of hydrogen-bond acceptors (Lipinski definition) is 4. The highest BCUT2D eigenvalue weighted by Gasteiger charge is 2.21. The summed E-state index contributed by atoms with van der Waals surface area (Å²) in [5.41, 5.74) is 0.965. The molecule has 0 saturated carbocycles. The van der Waals surface area contributed by atoms with Gasteiger partial charge in [0.05, 0.1) is 6.20 Å². The lowest BCUT2D eigenvalue weighted by molar-refractivity contribution is 0.251. The average molecular weight is 209 g/mol. The molecular formula is C11H19N3O. The van der Waals surface area contributed by atoms with Crippen molar-refractivity contribution in [2.75, 3.05) is 11.9 Å². The van der Waals surface area contributed by atoms with Crippen LogP contribution in [0.1, 0.15) is 32.3 Å². The van der Waals surface area contributed by atoms with Gasteiger partial charge in [-0.15, -0.1) is 5.10 Å². The molecular weight excluding hydrogens is 190 g/mol. The summed E-state index contributed by atoms with van der Waals surface area (Å²) in [5, 5.41) is 20.2. The van der Waals surface area contributed by atoms with Gasteiger partial charge in [0, 0.05) is 12.1 Å². The summed E-state index contributed by atoms with van der Waals surface area (Å²) in [6.07, 6.45) is 3.36. The Hall–Kier alpha value is -1.16. The number of aromatic nitrogens is 2. The van der Waals surface area contributed by atoms with Crippen molar-refractivity contribution in [1.29, 1.82) is 0 Å². The SMILES string of the molecule is CCC(C)(CCO)Nc1cc(C)cnn1. The lowest BCUT2D eigenvalue weighted by Crippen LogP contribution is -2.35. The summed E-state index contributed by atoms with van der Waals surface area (Å²) < 4.78 is 0. The predicted octanol–water partition coefficient (Wildman–Crippen LogP) is 1.75. The van der Waals surface area contributed by atoms with Crippen molar-refractivity contribution in [2.24, 2.45) is 0 Å². The monoisotopic (exact) mass is 209 g/mol. The Morgan fingerprint density at radius 2 is 2.27 bits per heavy atom. The molecule has 1 heterocycles. The van der Waals surface area contributed by atoms with E-state index in [1.54, 1.807) is 6.20 Å². The van der Waals surface area contributed by atoms with Crippen molar-refractivity contribution in [3.8, 4) is 0 Å². The van der Waals surface area contributed by atoms with E-state index in [1.165, 1.54) is 0 Å². The topological polar surface area (TPSA) is 58.0 Å². The van der Waals surface area contributed by atoms with Crippen molar-refractivity contribution in [3.05, 3.63) is 17.8 Å². The highest BCUT2D eigenvalue weighted by molar-refractivity contribution is 5.38. The second-order valence-electron chi connectivity index (χ2n) is 4.13. The molecule has 1 atom stereocenters. The van der Waals surface area contributed by atoms with E-state index in [9.17, 15) is 0 Å². The van der Waals surface area contributed by atoms with Gasteiger partial charge in [0.25, 0.3) is 0 Å². The van der Waals surface area contributed by atoms with E-state index in [2.05, 4.69) is 29.4 Å². The number of rotatable bonds is 5. The highest BCUT2D eigenvalue weighted by atomic mass is 16.3. The van der Waals surface area contributed by atoms with Crippen LogP contribution in [-0.4, -0.2) is 27.4 Å². The van der Waals surface area contributed by atoms with Gasteiger partial charge in [-0.2, -0.15) is 5.10 Å². The van der Waals surface area contributed by atoms with Gasteiger partial charge in [-0.1, -0.05) is 6.92 Å². The molecule has 4 heteroatoms. The summed E-state index contributed by atoms with van der Waals surface area (Å²) >= 11 is 0. The molecule has 1 aromatic rings. The molecule has 1 unspecified atom stereocenters. The normalized spacial score (nSPS) is 14.7. The van der Waals surface area contributed by atoms with Gasteiger partial charge in [-0.3, -0.25) is 0 Å². The van der Waals surface area contributed by atoms with E-state index in [1.807, 2.05) is 13.0 Å². The van der Waals surface area contributed by atoms with Gasteiger partial charge >= 0.3 is 0 Å². The Kier molecular flexibility index (Phi) is 4.03. The first-order chi connectivity index (χ1) is 7.09. The molecule has 2 N–H and O–H groups in total. The van der Waals surface area contributed by atoms with Crippen LogP contribution in [0.5, 0.6) is 0 Å². The first-order valence-corrected chi connectivity index (χ1v) is 5.28. The third-order valence-corrected chi connectivity index (χ3v) is 2.66. The molecule has 0 aliphatic rings. The highest BCUT2D eigenvalue weighted by Crippen LogP contribution is 2.20. The largest absolute Gasteiger partial charge is 0.396 e. The number of hydrogen-bond donors (Lipinski definition) is 2. The van der Waals surface area contributed by atoms with Crippen LogP contribution in [-0.2, 0) is 0 Å². The minimum absolute atomic E-state index is 0.114. The zero-order valence-corrected chi connectivity index (χ0v) is 9.62. The quantitative estimate of drug-likeness (QED) is 0.775. The van der Waals surface area contributed by atoms with Gasteiger partial charge in [0.2, 0.25) is 0 Å². The molecule has 0 bridgehead atoms. The van der Waals surface area contributed by atoms with E-state index < -0.39 is 0 Å². The molecule has 84 valence electrons. The molecule has 0 radical (unpaired) electrons. The molecule has 0 aliphatic carbocycles. The van der Waals surface area contributed by atoms with Gasteiger partial charge in [0.1, 0.15) is 5.82 Å². The molecule has 4 nitrogen and oxygen atoms in total. The summed E-state index contributed by atoms with van der Waals surface area (Å²) in [7, 11) is 0. The van der Waals surface area contributed by atoms with Crippen LogP contribution in [0, 0.1) is 6.92 Å². The molecule has 0 saturated heterocycles. The van der Waals surface area contributed by atoms with Gasteiger partial charge in [-0.05, 0) is 38.3 Å². The molecule has 15 heavy (non-hydrogen) atoms. The van der Waals surface area contributed by atoms with E-state index in [0.29, 0.717) is 6.42 Å². The fourth-order valence-corrected chi connectivity index (χ4v) is 1.41. The third-order valence-electron chi connectivity index (χ3n) is 2.66. The lowest BCUT2D eigenvalue weighted by atomic mass is 9.95. The van der Waals surface area contributed by atoms with Crippen LogP contribution in [0.4, 0.5) is 5.82 Å². The minimum atomic E-state index is -0.114. The van der Waals surface area contributed by atoms with Crippen LogP contribution < -0.4 is 5.32 Å². The minimum Gasteiger partial charge on any atom is -0.396 e. The second kappa shape index (κ2) is 5.07. The predicted molar refractivity (Wildman–Crippen MR) is 60.8 cm³/mol. The maximum atomic E-state index is 8.99. The Bertz CT molecular complexity index is 316. The van der Waals surface area contributed by atoms with Crippen molar-refractivity contribution in [3.63, 3.8) is 0 Å². The summed E-state index contributed by atoms with van der Waals surface area (Å²) in [4.78, 5) is 0. The maximum absolute atomic E-state index is 8.99. The Morgan fingerprint density at radius 3 is 2.80 bits per heavy atom. The fraction of sp³-hybridized carbons (Fsp3) is 0.636. The molecule has 1 rings (SSSR count). The van der Waals surface area contributed by atoms with E-state index in [-0.39, 0.29) is 12.1 Å². The first-order valence-electron chi connectivity index (χ1n) is 5.28. The van der Waals surface area contributed by atoms with Crippen LogP contribution in [0.15, 0.2) is 12.3 Å². The van der Waals surface area contributed by atoms with E-state index >= 15 is 0 Å². The zero-order valence-electron chi connectivity index (χ0n) is 9.62. The molecule has 0 amide bonds. The van der Waals surface area contributed by atoms with E-state index in [4.69, 9.17) is 5.11 Å². The van der Waals surface area contributed by atoms with Gasteiger partial charge < -0.3 is 10.4 Å². The van der Waals surface area contributed by atoms with Crippen LogP contribution >= 0.6 is 0 Å². The lowest BCUT2D eigenvalue weighted by Gasteiger charge is -2.29. The molecule has 0 aliphatic heterocycles. The second-order valence-corrected chi connectivity index (χ2v) is 4.13. The molecule has 0 spiro atoms. The van der Waals surface area contributed by atoms with Crippen molar-refractivity contribution < 1.29 is 5.11 Å². The van der Waals surface area contributed by atoms with Crippen molar-refractivity contribution in [1.82, 2.24) is 10.2 Å². The Balaban J connectivity index is 2.74. The summed E-state index contributed by atoms with van der Waals surface area (Å²) in [5.74, 6) is 0.771. The van der Waals surface area contributed by atoms with Crippen LogP contribution in [0.25, 0.3) is 0 Å².